The molecule has 1 aromatic carbocycles. The highest BCUT2D eigenvalue weighted by Gasteiger charge is 2.58. The van der Waals surface area contributed by atoms with Crippen LogP contribution in [0.15, 0.2) is 12.1 Å². The number of aliphatic hydroxyl groups excluding tert-OH is 2. The Hall–Kier alpha value is -1.39. The van der Waals surface area contributed by atoms with E-state index in [1.807, 2.05) is 20.8 Å². The van der Waals surface area contributed by atoms with E-state index >= 15 is 0 Å². The van der Waals surface area contributed by atoms with Crippen LogP contribution in [-0.2, 0) is 5.41 Å². The minimum absolute atomic E-state index is 0.0530. The maximum absolute atomic E-state index is 12.6. The zero-order valence-corrected chi connectivity index (χ0v) is 13.6. The standard InChI is InChI=1S/C18H24O4/c1-9-5-10-11(6-12(9)19)18(4)8-14(21)16(22)17(2,3)15(18)7-13(10)20/h5-6,14-16,19,21-22H,7-8H2,1-4H3/t14-,15-,16-,18+/m1/s1. The molecule has 2 aliphatic carbocycles. The first kappa shape index (κ1) is 15.5. The van der Waals surface area contributed by atoms with Gasteiger partial charge in [0.25, 0.3) is 0 Å². The van der Waals surface area contributed by atoms with Crippen molar-refractivity contribution in [3.05, 3.63) is 28.8 Å². The van der Waals surface area contributed by atoms with Gasteiger partial charge in [-0.2, -0.15) is 0 Å². The van der Waals surface area contributed by atoms with Crippen LogP contribution in [0.3, 0.4) is 0 Å². The molecule has 4 atom stereocenters. The monoisotopic (exact) mass is 304 g/mol. The summed E-state index contributed by atoms with van der Waals surface area (Å²) in [6, 6.07) is 3.42. The molecular weight excluding hydrogens is 280 g/mol. The normalized spacial score (nSPS) is 36.6. The Bertz CT molecular complexity index is 649. The number of phenolic OH excluding ortho intramolecular Hbond substituents is 1. The van der Waals surface area contributed by atoms with E-state index in [1.54, 1.807) is 19.1 Å². The van der Waals surface area contributed by atoms with E-state index in [4.69, 9.17) is 0 Å². The molecule has 1 fully saturated rings. The van der Waals surface area contributed by atoms with Gasteiger partial charge in [-0.15, -0.1) is 0 Å². The number of phenols is 1. The molecule has 0 saturated heterocycles. The molecule has 0 aliphatic heterocycles. The molecule has 3 rings (SSSR count). The summed E-state index contributed by atoms with van der Waals surface area (Å²) in [5.74, 6) is 0.157. The third-order valence-corrected chi connectivity index (χ3v) is 6.07. The average molecular weight is 304 g/mol. The zero-order chi connectivity index (χ0) is 16.4. The predicted octanol–water partition coefficient (Wildman–Crippen LogP) is 2.31. The first-order valence-electron chi connectivity index (χ1n) is 7.82. The molecule has 0 heterocycles. The number of benzene rings is 1. The molecule has 0 aromatic heterocycles. The summed E-state index contributed by atoms with van der Waals surface area (Å²) >= 11 is 0. The minimum atomic E-state index is -0.848. The van der Waals surface area contributed by atoms with E-state index in [0.29, 0.717) is 24.0 Å². The van der Waals surface area contributed by atoms with Gasteiger partial charge >= 0.3 is 0 Å². The number of rotatable bonds is 0. The molecule has 4 heteroatoms. The lowest BCUT2D eigenvalue weighted by molar-refractivity contribution is -0.139. The molecule has 1 aromatic rings. The molecule has 120 valence electrons. The van der Waals surface area contributed by atoms with Crippen molar-refractivity contribution in [1.82, 2.24) is 0 Å². The van der Waals surface area contributed by atoms with Crippen molar-refractivity contribution >= 4 is 5.78 Å². The van der Waals surface area contributed by atoms with Crippen LogP contribution >= 0.6 is 0 Å². The van der Waals surface area contributed by atoms with E-state index in [9.17, 15) is 20.1 Å². The number of hydrogen-bond acceptors (Lipinski definition) is 4. The lowest BCUT2D eigenvalue weighted by Gasteiger charge is -2.57. The van der Waals surface area contributed by atoms with Crippen LogP contribution in [0.5, 0.6) is 5.75 Å². The number of ketones is 1. The number of hydrogen-bond donors (Lipinski definition) is 3. The Morgan fingerprint density at radius 3 is 2.45 bits per heavy atom. The highest BCUT2D eigenvalue weighted by Crippen LogP contribution is 2.57. The second-order valence-corrected chi connectivity index (χ2v) is 7.82. The Labute approximate surface area is 130 Å². The third-order valence-electron chi connectivity index (χ3n) is 6.07. The highest BCUT2D eigenvalue weighted by molar-refractivity contribution is 6.00. The number of carbonyl (C=O) groups excluding carboxylic acids is 1. The molecule has 0 spiro atoms. The summed E-state index contributed by atoms with van der Waals surface area (Å²) in [6.45, 7) is 7.64. The van der Waals surface area contributed by atoms with Crippen LogP contribution in [0, 0.1) is 18.3 Å². The van der Waals surface area contributed by atoms with Crippen LogP contribution < -0.4 is 0 Å². The maximum Gasteiger partial charge on any atom is 0.163 e. The van der Waals surface area contributed by atoms with E-state index in [2.05, 4.69) is 0 Å². The van der Waals surface area contributed by atoms with Crippen molar-refractivity contribution in [2.24, 2.45) is 11.3 Å². The van der Waals surface area contributed by atoms with Gasteiger partial charge in [-0.3, -0.25) is 4.79 Å². The van der Waals surface area contributed by atoms with Gasteiger partial charge in [-0.1, -0.05) is 20.8 Å². The summed E-state index contributed by atoms with van der Waals surface area (Å²) in [4.78, 5) is 12.6. The van der Waals surface area contributed by atoms with Gasteiger partial charge in [0, 0.05) is 12.0 Å². The summed E-state index contributed by atoms with van der Waals surface area (Å²) in [7, 11) is 0. The van der Waals surface area contributed by atoms with E-state index in [-0.39, 0.29) is 17.5 Å². The van der Waals surface area contributed by atoms with Gasteiger partial charge in [0.1, 0.15) is 5.75 Å². The van der Waals surface area contributed by atoms with Gasteiger partial charge in [-0.25, -0.2) is 0 Å². The molecule has 4 nitrogen and oxygen atoms in total. The quantitative estimate of drug-likeness (QED) is 0.687. The molecular formula is C18H24O4. The second-order valence-electron chi connectivity index (χ2n) is 7.82. The highest BCUT2D eigenvalue weighted by atomic mass is 16.3. The van der Waals surface area contributed by atoms with Crippen LogP contribution in [0.2, 0.25) is 0 Å². The minimum Gasteiger partial charge on any atom is -0.508 e. The molecule has 0 amide bonds. The van der Waals surface area contributed by atoms with Crippen molar-refractivity contribution in [3.63, 3.8) is 0 Å². The second kappa shape index (κ2) is 4.56. The van der Waals surface area contributed by atoms with Crippen molar-refractivity contribution in [3.8, 4) is 5.75 Å². The van der Waals surface area contributed by atoms with Crippen LogP contribution in [-0.4, -0.2) is 33.3 Å². The van der Waals surface area contributed by atoms with Crippen molar-refractivity contribution in [2.45, 2.75) is 58.2 Å². The van der Waals surface area contributed by atoms with Crippen LogP contribution in [0.4, 0.5) is 0 Å². The first-order chi connectivity index (χ1) is 10.1. The van der Waals surface area contributed by atoms with Gasteiger partial charge < -0.3 is 15.3 Å². The maximum atomic E-state index is 12.6. The number of aliphatic hydroxyl groups is 2. The summed E-state index contributed by atoms with van der Waals surface area (Å²) in [6.07, 6.45) is -0.921. The zero-order valence-electron chi connectivity index (χ0n) is 13.6. The Morgan fingerprint density at radius 2 is 1.82 bits per heavy atom. The third kappa shape index (κ3) is 1.87. The van der Waals surface area contributed by atoms with Crippen LogP contribution in [0.1, 0.15) is 55.1 Å². The number of fused-ring (bicyclic) bond motifs is 3. The number of carbonyl (C=O) groups is 1. The van der Waals surface area contributed by atoms with Gasteiger partial charge in [-0.05, 0) is 53.4 Å². The molecule has 22 heavy (non-hydrogen) atoms. The van der Waals surface area contributed by atoms with E-state index in [0.717, 1.165) is 5.56 Å². The molecule has 0 bridgehead atoms. The fraction of sp³-hybridized carbons (Fsp3) is 0.611. The van der Waals surface area contributed by atoms with Crippen molar-refractivity contribution < 1.29 is 20.1 Å². The molecule has 3 N–H and O–H groups in total. The molecule has 0 unspecified atom stereocenters. The molecule has 0 radical (unpaired) electrons. The van der Waals surface area contributed by atoms with Crippen molar-refractivity contribution in [1.29, 1.82) is 0 Å². The van der Waals surface area contributed by atoms with Gasteiger partial charge in [0.15, 0.2) is 5.78 Å². The number of aromatic hydroxyl groups is 1. The van der Waals surface area contributed by atoms with Crippen molar-refractivity contribution in [2.75, 3.05) is 0 Å². The fourth-order valence-corrected chi connectivity index (χ4v) is 4.69. The average Bonchev–Trinajstić information content (AvgIpc) is 2.42. The number of aryl methyl sites for hydroxylation is 1. The summed E-state index contributed by atoms with van der Waals surface area (Å²) < 4.78 is 0. The largest absolute Gasteiger partial charge is 0.508 e. The smallest absolute Gasteiger partial charge is 0.163 e. The number of Topliss-reactive ketones (excluding diaryl/α,β-unsaturated/α-hetero) is 1. The van der Waals surface area contributed by atoms with E-state index in [1.165, 1.54) is 0 Å². The summed E-state index contributed by atoms with van der Waals surface area (Å²) in [5, 5.41) is 30.8. The van der Waals surface area contributed by atoms with Gasteiger partial charge in [0.05, 0.1) is 12.2 Å². The SMILES string of the molecule is Cc1cc2c(cc1O)[C@]1(C)C[C@@H](O)[C@@H](O)C(C)(C)[C@H]1CC2=O. The molecule has 1 saturated carbocycles. The molecule has 2 aliphatic rings. The Kier molecular flexibility index (Phi) is 3.21. The Morgan fingerprint density at radius 1 is 1.18 bits per heavy atom. The first-order valence-corrected chi connectivity index (χ1v) is 7.82. The Balaban J connectivity index is 2.24. The lowest BCUT2D eigenvalue weighted by Crippen LogP contribution is -2.60. The topological polar surface area (TPSA) is 77.8 Å². The lowest BCUT2D eigenvalue weighted by atomic mass is 9.48. The summed E-state index contributed by atoms with van der Waals surface area (Å²) in [5.41, 5.74) is 1.13. The van der Waals surface area contributed by atoms with E-state index < -0.39 is 23.0 Å². The van der Waals surface area contributed by atoms with Gasteiger partial charge in [0.2, 0.25) is 0 Å². The van der Waals surface area contributed by atoms with Crippen LogP contribution in [0.25, 0.3) is 0 Å². The fourth-order valence-electron chi connectivity index (χ4n) is 4.69. The predicted molar refractivity (Wildman–Crippen MR) is 83.0 cm³/mol.